The van der Waals surface area contributed by atoms with Gasteiger partial charge in [-0.3, -0.25) is 4.79 Å². The lowest BCUT2D eigenvalue weighted by Crippen LogP contribution is -2.20. The van der Waals surface area contributed by atoms with Gasteiger partial charge in [-0.2, -0.15) is 0 Å². The Morgan fingerprint density at radius 3 is 2.81 bits per heavy atom. The van der Waals surface area contributed by atoms with E-state index in [1.54, 1.807) is 31.4 Å². The Balaban J connectivity index is 1.99. The fourth-order valence-corrected chi connectivity index (χ4v) is 3.16. The first-order valence-corrected chi connectivity index (χ1v) is 7.58. The minimum atomic E-state index is -0.377. The van der Waals surface area contributed by atoms with Crippen LogP contribution in [0.2, 0.25) is 5.02 Å². The van der Waals surface area contributed by atoms with E-state index in [2.05, 4.69) is 15.9 Å². The molecule has 3 rings (SSSR count). The summed E-state index contributed by atoms with van der Waals surface area (Å²) in [5.41, 5.74) is 1.39. The van der Waals surface area contributed by atoms with Gasteiger partial charge in [0.15, 0.2) is 5.78 Å². The number of carbonyl (C=O) groups is 1. The van der Waals surface area contributed by atoms with E-state index in [0.29, 0.717) is 22.1 Å². The monoisotopic (exact) mass is 366 g/mol. The summed E-state index contributed by atoms with van der Waals surface area (Å²) in [4.78, 5) is 12.3. The smallest absolute Gasteiger partial charge is 0.170 e. The lowest BCUT2D eigenvalue weighted by molar-refractivity contribution is 0.0849. The molecule has 0 spiro atoms. The molecule has 3 nitrogen and oxygen atoms in total. The third kappa shape index (κ3) is 2.78. The molecule has 1 aliphatic rings. The van der Waals surface area contributed by atoms with Gasteiger partial charge in [-0.25, -0.2) is 0 Å². The number of carbonyl (C=O) groups excluding carboxylic acids is 1. The van der Waals surface area contributed by atoms with Gasteiger partial charge in [0.25, 0.3) is 0 Å². The SMILES string of the molecule is COc1ccc2c(c1)OC(c1ccc(Br)cc1Cl)CC2=O. The van der Waals surface area contributed by atoms with Crippen molar-refractivity contribution >= 4 is 33.3 Å². The van der Waals surface area contributed by atoms with Crippen molar-refractivity contribution in [3.05, 3.63) is 57.0 Å². The number of ether oxygens (including phenoxy) is 2. The maximum absolute atomic E-state index is 12.3. The predicted octanol–water partition coefficient (Wildman–Crippen LogP) is 4.82. The fourth-order valence-electron chi connectivity index (χ4n) is 2.37. The van der Waals surface area contributed by atoms with Crippen molar-refractivity contribution in [1.82, 2.24) is 0 Å². The molecule has 0 saturated carbocycles. The molecule has 0 radical (unpaired) electrons. The number of hydrogen-bond acceptors (Lipinski definition) is 3. The van der Waals surface area contributed by atoms with Crippen molar-refractivity contribution in [2.45, 2.75) is 12.5 Å². The van der Waals surface area contributed by atoms with Gasteiger partial charge in [-0.15, -0.1) is 0 Å². The highest BCUT2D eigenvalue weighted by atomic mass is 79.9. The van der Waals surface area contributed by atoms with Gasteiger partial charge in [0.1, 0.15) is 17.6 Å². The summed E-state index contributed by atoms with van der Waals surface area (Å²) in [6.07, 6.45) is -0.0987. The van der Waals surface area contributed by atoms with Crippen molar-refractivity contribution < 1.29 is 14.3 Å². The number of ketones is 1. The largest absolute Gasteiger partial charge is 0.497 e. The lowest BCUT2D eigenvalue weighted by Gasteiger charge is -2.26. The second kappa shape index (κ2) is 5.70. The first-order valence-electron chi connectivity index (χ1n) is 6.41. The molecule has 1 unspecified atom stereocenters. The maximum atomic E-state index is 12.3. The predicted molar refractivity (Wildman–Crippen MR) is 84.5 cm³/mol. The highest BCUT2D eigenvalue weighted by Crippen LogP contribution is 2.39. The van der Waals surface area contributed by atoms with Crippen LogP contribution in [-0.4, -0.2) is 12.9 Å². The van der Waals surface area contributed by atoms with Crippen molar-refractivity contribution in [2.24, 2.45) is 0 Å². The van der Waals surface area contributed by atoms with Gasteiger partial charge in [-0.05, 0) is 24.3 Å². The zero-order valence-corrected chi connectivity index (χ0v) is 13.6. The van der Waals surface area contributed by atoms with E-state index in [9.17, 15) is 4.79 Å². The van der Waals surface area contributed by atoms with Crippen molar-refractivity contribution in [1.29, 1.82) is 0 Å². The average Bonchev–Trinajstić information content (AvgIpc) is 2.46. The highest BCUT2D eigenvalue weighted by Gasteiger charge is 2.29. The molecule has 5 heteroatoms. The second-order valence-corrected chi connectivity index (χ2v) is 6.08. The average molecular weight is 368 g/mol. The number of rotatable bonds is 2. The molecule has 0 fully saturated rings. The zero-order valence-electron chi connectivity index (χ0n) is 11.2. The van der Waals surface area contributed by atoms with Gasteiger partial charge in [-0.1, -0.05) is 33.6 Å². The number of fused-ring (bicyclic) bond motifs is 1. The zero-order chi connectivity index (χ0) is 15.0. The minimum absolute atomic E-state index is 0.0443. The third-order valence-electron chi connectivity index (χ3n) is 3.44. The van der Waals surface area contributed by atoms with E-state index < -0.39 is 0 Å². The number of halogens is 2. The lowest BCUT2D eigenvalue weighted by atomic mass is 9.96. The topological polar surface area (TPSA) is 35.5 Å². The van der Waals surface area contributed by atoms with Crippen LogP contribution in [0, 0.1) is 0 Å². The highest BCUT2D eigenvalue weighted by molar-refractivity contribution is 9.10. The summed E-state index contributed by atoms with van der Waals surface area (Å²) < 4.78 is 12.0. The van der Waals surface area contributed by atoms with Crippen molar-refractivity contribution in [2.75, 3.05) is 7.11 Å². The summed E-state index contributed by atoms with van der Waals surface area (Å²) >= 11 is 9.62. The molecule has 0 saturated heterocycles. The van der Waals surface area contributed by atoms with Crippen LogP contribution in [0.5, 0.6) is 11.5 Å². The van der Waals surface area contributed by atoms with Gasteiger partial charge in [0.2, 0.25) is 0 Å². The van der Waals surface area contributed by atoms with Crippen LogP contribution < -0.4 is 9.47 Å². The summed E-state index contributed by atoms with van der Waals surface area (Å²) in [5.74, 6) is 1.24. The Morgan fingerprint density at radius 2 is 2.10 bits per heavy atom. The van der Waals surface area contributed by atoms with Crippen LogP contribution in [0.15, 0.2) is 40.9 Å². The number of Topliss-reactive ketones (excluding diaryl/α,β-unsaturated/α-hetero) is 1. The van der Waals surface area contributed by atoms with Crippen LogP contribution in [-0.2, 0) is 0 Å². The second-order valence-electron chi connectivity index (χ2n) is 4.76. The molecule has 1 heterocycles. The summed E-state index contributed by atoms with van der Waals surface area (Å²) in [6.45, 7) is 0. The molecule has 108 valence electrons. The molecule has 0 aliphatic carbocycles. The van der Waals surface area contributed by atoms with Crippen LogP contribution in [0.4, 0.5) is 0 Å². The third-order valence-corrected chi connectivity index (χ3v) is 4.26. The molecule has 2 aromatic carbocycles. The van der Waals surface area contributed by atoms with E-state index in [4.69, 9.17) is 21.1 Å². The Kier molecular flexibility index (Phi) is 3.91. The molecule has 0 aromatic heterocycles. The van der Waals surface area contributed by atoms with Gasteiger partial charge < -0.3 is 9.47 Å². The maximum Gasteiger partial charge on any atom is 0.170 e. The molecule has 1 aliphatic heterocycles. The molecule has 1 atom stereocenters. The summed E-state index contributed by atoms with van der Waals surface area (Å²) in [6, 6.07) is 10.8. The quantitative estimate of drug-likeness (QED) is 0.763. The molecule has 0 N–H and O–H groups in total. The number of benzene rings is 2. The molecular formula is C16H12BrClO3. The van der Waals surface area contributed by atoms with Gasteiger partial charge in [0.05, 0.1) is 19.1 Å². The standard InChI is InChI=1S/C16H12BrClO3/c1-20-10-3-5-12-14(19)8-16(21-15(12)7-10)11-4-2-9(17)6-13(11)18/h2-7,16H,8H2,1H3. The van der Waals surface area contributed by atoms with E-state index >= 15 is 0 Å². The number of methoxy groups -OCH3 is 1. The van der Waals surface area contributed by atoms with Gasteiger partial charge >= 0.3 is 0 Å². The Labute approximate surface area is 136 Å². The molecule has 21 heavy (non-hydrogen) atoms. The number of hydrogen-bond donors (Lipinski definition) is 0. The van der Waals surface area contributed by atoms with Gasteiger partial charge in [0, 0.05) is 21.1 Å². The van der Waals surface area contributed by atoms with Crippen LogP contribution >= 0.6 is 27.5 Å². The first kappa shape index (κ1) is 14.4. The molecule has 0 amide bonds. The van der Waals surface area contributed by atoms with E-state index in [1.165, 1.54) is 0 Å². The Morgan fingerprint density at radius 1 is 1.29 bits per heavy atom. The molecular weight excluding hydrogens is 356 g/mol. The first-order chi connectivity index (χ1) is 10.1. The van der Waals surface area contributed by atoms with E-state index in [0.717, 1.165) is 10.0 Å². The summed E-state index contributed by atoms with van der Waals surface area (Å²) in [7, 11) is 1.58. The van der Waals surface area contributed by atoms with Crippen molar-refractivity contribution in [3.8, 4) is 11.5 Å². The molecule has 2 aromatic rings. The van der Waals surface area contributed by atoms with Crippen molar-refractivity contribution in [3.63, 3.8) is 0 Å². The summed E-state index contributed by atoms with van der Waals surface area (Å²) in [5, 5.41) is 0.577. The molecule has 0 bridgehead atoms. The van der Waals surface area contributed by atoms with Crippen LogP contribution in [0.3, 0.4) is 0 Å². The fraction of sp³-hybridized carbons (Fsp3) is 0.188. The van der Waals surface area contributed by atoms with Crippen LogP contribution in [0.25, 0.3) is 0 Å². The Hall–Kier alpha value is -1.52. The van der Waals surface area contributed by atoms with E-state index in [1.807, 2.05) is 12.1 Å². The van der Waals surface area contributed by atoms with E-state index in [-0.39, 0.29) is 18.3 Å². The normalized spacial score (nSPS) is 17.1. The van der Waals surface area contributed by atoms with Crippen LogP contribution in [0.1, 0.15) is 28.4 Å². The minimum Gasteiger partial charge on any atom is -0.497 e. The Bertz CT molecular complexity index is 715.